The molecule has 2 saturated carbocycles. The van der Waals surface area contributed by atoms with Crippen molar-refractivity contribution < 1.29 is 43.3 Å². The molecule has 11 nitrogen and oxygen atoms in total. The van der Waals surface area contributed by atoms with E-state index in [0.29, 0.717) is 24.2 Å². The average molecular weight is 513 g/mol. The van der Waals surface area contributed by atoms with E-state index in [1.165, 1.54) is 7.11 Å². The lowest BCUT2D eigenvalue weighted by atomic mass is 9.89. The molecule has 0 aromatic rings. The van der Waals surface area contributed by atoms with Gasteiger partial charge >= 0.3 is 24.1 Å². The number of carbonyl (C=O) groups is 5. The normalized spacial score (nSPS) is 25.7. The largest absolute Gasteiger partial charge is 0.481 e. The summed E-state index contributed by atoms with van der Waals surface area (Å²) in [7, 11) is 1.17. The second-order valence-electron chi connectivity index (χ2n) is 11.5. The van der Waals surface area contributed by atoms with E-state index in [0.717, 1.165) is 0 Å². The molecule has 36 heavy (non-hydrogen) atoms. The van der Waals surface area contributed by atoms with E-state index in [1.54, 1.807) is 41.5 Å². The molecule has 0 aromatic heterocycles. The molecule has 0 aromatic carbocycles. The third-order valence-corrected chi connectivity index (χ3v) is 6.42. The lowest BCUT2D eigenvalue weighted by Gasteiger charge is -2.36. The molecule has 1 unspecified atom stereocenters. The number of ether oxygens (including phenoxy) is 3. The first kappa shape index (κ1) is 29.4. The zero-order chi connectivity index (χ0) is 27.6. The number of fused-ring (bicyclic) bond motifs is 1. The van der Waals surface area contributed by atoms with Crippen LogP contribution in [0, 0.1) is 17.8 Å². The van der Waals surface area contributed by atoms with E-state index in [1.807, 2.05) is 6.92 Å². The number of methoxy groups -OCH3 is 1. The van der Waals surface area contributed by atoms with Gasteiger partial charge in [-0.2, -0.15) is 4.90 Å². The second-order valence-corrected chi connectivity index (χ2v) is 11.5. The highest BCUT2D eigenvalue weighted by Gasteiger charge is 2.72. The number of esters is 1. The summed E-state index contributed by atoms with van der Waals surface area (Å²) < 4.78 is 15.8. The Morgan fingerprint density at radius 2 is 1.56 bits per heavy atom. The molecule has 5 atom stereocenters. The Balaban J connectivity index is 2.46. The van der Waals surface area contributed by atoms with Crippen LogP contribution in [-0.4, -0.2) is 69.9 Å². The zero-order valence-corrected chi connectivity index (χ0v) is 22.5. The van der Waals surface area contributed by atoms with Crippen LogP contribution in [0.1, 0.15) is 80.6 Å². The van der Waals surface area contributed by atoms with Gasteiger partial charge in [0.1, 0.15) is 22.8 Å². The number of hydrogen-bond donors (Lipinski definition) is 2. The third kappa shape index (κ3) is 6.47. The van der Waals surface area contributed by atoms with E-state index >= 15 is 0 Å². The number of carboxylic acid groups (broad SMARTS) is 1. The van der Waals surface area contributed by atoms with Crippen LogP contribution in [0.25, 0.3) is 0 Å². The molecule has 0 aliphatic heterocycles. The number of hydrogen-bond acceptors (Lipinski definition) is 8. The van der Waals surface area contributed by atoms with Gasteiger partial charge in [0.2, 0.25) is 5.91 Å². The fraction of sp³-hybridized carbons (Fsp3) is 0.800. The van der Waals surface area contributed by atoms with Crippen LogP contribution in [0.3, 0.4) is 0 Å². The van der Waals surface area contributed by atoms with Gasteiger partial charge in [0.15, 0.2) is 0 Å². The highest BCUT2D eigenvalue weighted by Crippen LogP contribution is 2.62. The Morgan fingerprint density at radius 1 is 1.03 bits per heavy atom. The maximum Gasteiger partial charge on any atom is 0.420 e. The van der Waals surface area contributed by atoms with Gasteiger partial charge < -0.3 is 24.6 Å². The Morgan fingerprint density at radius 3 is 1.94 bits per heavy atom. The summed E-state index contributed by atoms with van der Waals surface area (Å²) in [4.78, 5) is 65.3. The molecule has 2 N–H and O–H groups in total. The van der Waals surface area contributed by atoms with E-state index in [9.17, 15) is 29.1 Å². The number of carbonyl (C=O) groups excluding carboxylic acids is 4. The molecule has 0 heterocycles. The van der Waals surface area contributed by atoms with Crippen molar-refractivity contribution in [1.82, 2.24) is 10.2 Å². The summed E-state index contributed by atoms with van der Waals surface area (Å²) >= 11 is 0. The molecule has 3 amide bonds. The summed E-state index contributed by atoms with van der Waals surface area (Å²) in [6, 6.07) is -1.35. The quantitative estimate of drug-likeness (QED) is 0.368. The zero-order valence-electron chi connectivity index (χ0n) is 22.5. The number of imide groups is 1. The maximum atomic E-state index is 13.7. The fourth-order valence-corrected chi connectivity index (χ4v) is 4.95. The van der Waals surface area contributed by atoms with Crippen molar-refractivity contribution in [3.63, 3.8) is 0 Å². The number of amides is 3. The predicted octanol–water partition coefficient (Wildman–Crippen LogP) is 3.49. The van der Waals surface area contributed by atoms with Crippen molar-refractivity contribution in [2.45, 2.75) is 103 Å². The lowest BCUT2D eigenvalue weighted by molar-refractivity contribution is -0.153. The highest BCUT2D eigenvalue weighted by molar-refractivity contribution is 5.98. The minimum absolute atomic E-state index is 0.0918. The van der Waals surface area contributed by atoms with E-state index in [-0.39, 0.29) is 18.8 Å². The van der Waals surface area contributed by atoms with E-state index in [2.05, 4.69) is 5.32 Å². The Kier molecular flexibility index (Phi) is 8.68. The van der Waals surface area contributed by atoms with Crippen molar-refractivity contribution in [3.8, 4) is 0 Å². The molecule has 2 aliphatic rings. The van der Waals surface area contributed by atoms with Gasteiger partial charge in [-0.05, 0) is 66.7 Å². The van der Waals surface area contributed by atoms with Crippen LogP contribution in [0.2, 0.25) is 0 Å². The minimum atomic E-state index is -1.56. The van der Waals surface area contributed by atoms with Crippen LogP contribution < -0.4 is 5.32 Å². The average Bonchev–Trinajstić information content (AvgIpc) is 3.35. The minimum Gasteiger partial charge on any atom is -0.481 e. The van der Waals surface area contributed by atoms with Crippen molar-refractivity contribution in [2.75, 3.05) is 7.11 Å². The smallest absolute Gasteiger partial charge is 0.420 e. The lowest BCUT2D eigenvalue weighted by Crippen LogP contribution is -2.62. The van der Waals surface area contributed by atoms with Crippen LogP contribution >= 0.6 is 0 Å². The van der Waals surface area contributed by atoms with Gasteiger partial charge in [-0.1, -0.05) is 19.8 Å². The summed E-state index contributed by atoms with van der Waals surface area (Å²) in [5.74, 6) is -4.23. The van der Waals surface area contributed by atoms with Gasteiger partial charge in [-0.15, -0.1) is 0 Å². The molecule has 2 rings (SSSR count). The number of unbranched alkanes of at least 4 members (excludes halogenated alkanes) is 1. The van der Waals surface area contributed by atoms with Crippen molar-refractivity contribution in [1.29, 1.82) is 0 Å². The number of nitrogens with one attached hydrogen (secondary N) is 1. The molecule has 2 aliphatic carbocycles. The molecule has 2 fully saturated rings. The first-order valence-electron chi connectivity index (χ1n) is 12.4. The molecule has 0 radical (unpaired) electrons. The van der Waals surface area contributed by atoms with Gasteiger partial charge in [0, 0.05) is 5.92 Å². The van der Waals surface area contributed by atoms with Crippen LogP contribution in [0.5, 0.6) is 0 Å². The summed E-state index contributed by atoms with van der Waals surface area (Å²) in [6.45, 7) is 11.7. The van der Waals surface area contributed by atoms with Crippen molar-refractivity contribution in [3.05, 3.63) is 0 Å². The first-order chi connectivity index (χ1) is 16.5. The van der Waals surface area contributed by atoms with Crippen molar-refractivity contribution in [2.24, 2.45) is 17.8 Å². The van der Waals surface area contributed by atoms with Gasteiger partial charge in [-0.25, -0.2) is 14.4 Å². The van der Waals surface area contributed by atoms with Gasteiger partial charge in [0.05, 0.1) is 13.0 Å². The molecular weight excluding hydrogens is 472 g/mol. The number of rotatable bonds is 8. The Bertz CT molecular complexity index is 861. The van der Waals surface area contributed by atoms with Gasteiger partial charge in [-0.3, -0.25) is 9.59 Å². The van der Waals surface area contributed by atoms with Crippen molar-refractivity contribution >= 4 is 30.0 Å². The molecule has 0 bridgehead atoms. The summed E-state index contributed by atoms with van der Waals surface area (Å²) in [6.07, 6.45) is -0.251. The molecule has 204 valence electrons. The predicted molar refractivity (Wildman–Crippen MR) is 128 cm³/mol. The first-order valence-corrected chi connectivity index (χ1v) is 12.4. The number of aliphatic carboxylic acids is 1. The Labute approximate surface area is 212 Å². The Hall–Kier alpha value is -2.85. The summed E-state index contributed by atoms with van der Waals surface area (Å²) in [5.41, 5.74) is -3.48. The molecule has 0 saturated heterocycles. The van der Waals surface area contributed by atoms with Crippen LogP contribution in [0.4, 0.5) is 9.59 Å². The SMILES string of the molecule is CCCCC(C(=O)N[C@@]1(C(=O)OC)CC[C@H]2[C@H](C(=O)O)[C@H]21)N(C(=O)OC(C)(C)C)C(=O)OC(C)(C)C. The van der Waals surface area contributed by atoms with Gasteiger partial charge in [0.25, 0.3) is 0 Å². The summed E-state index contributed by atoms with van der Waals surface area (Å²) in [5, 5.41) is 12.3. The number of nitrogens with zero attached hydrogens (tertiary/aromatic N) is 1. The number of carboxylic acids is 1. The van der Waals surface area contributed by atoms with E-state index < -0.39 is 64.7 Å². The molecular formula is C25H40N2O9. The third-order valence-electron chi connectivity index (χ3n) is 6.42. The molecule has 11 heteroatoms. The standard InChI is InChI=1S/C25H40N2O9/c1-9-10-11-15(27(21(32)35-23(2,3)4)22(33)36-24(5,6)7)18(28)26-25(20(31)34-8)13-12-14-16(17(14)25)19(29)30/h14-17H,9-13H2,1-8H3,(H,26,28)(H,29,30)/t14-,15?,16-,17-,25-/m0/s1. The molecule has 0 spiro atoms. The maximum absolute atomic E-state index is 13.7. The second kappa shape index (κ2) is 10.6. The van der Waals surface area contributed by atoms with Crippen LogP contribution in [0.15, 0.2) is 0 Å². The highest BCUT2D eigenvalue weighted by atomic mass is 16.6. The monoisotopic (exact) mass is 512 g/mol. The van der Waals surface area contributed by atoms with E-state index in [4.69, 9.17) is 14.2 Å². The fourth-order valence-electron chi connectivity index (χ4n) is 4.95. The topological polar surface area (TPSA) is 149 Å². The van der Waals surface area contributed by atoms with Crippen LogP contribution in [-0.2, 0) is 28.6 Å².